The Kier molecular flexibility index (Phi) is 4.53. The quantitative estimate of drug-likeness (QED) is 0.874. The van der Waals surface area contributed by atoms with Crippen LogP contribution in [-0.2, 0) is 0 Å². The van der Waals surface area contributed by atoms with E-state index in [4.69, 9.17) is 0 Å². The second-order valence-corrected chi connectivity index (χ2v) is 5.50. The van der Waals surface area contributed by atoms with Gasteiger partial charge in [-0.25, -0.2) is 0 Å². The summed E-state index contributed by atoms with van der Waals surface area (Å²) in [6.45, 7) is 2.52. The maximum Gasteiger partial charge on any atom is 0.252 e. The molecule has 19 heavy (non-hydrogen) atoms. The lowest BCUT2D eigenvalue weighted by molar-refractivity contribution is -0.00786. The normalized spacial score (nSPS) is 26.9. The third-order valence-corrected chi connectivity index (χ3v) is 4.11. The minimum absolute atomic E-state index is 0.167. The topological polar surface area (TPSA) is 62.2 Å². The van der Waals surface area contributed by atoms with Gasteiger partial charge in [0.1, 0.15) is 0 Å². The Hall–Kier alpha value is -1.42. The third kappa shape index (κ3) is 3.77. The molecule has 1 heterocycles. The van der Waals surface area contributed by atoms with E-state index >= 15 is 0 Å². The van der Waals surface area contributed by atoms with Crippen molar-refractivity contribution < 1.29 is 9.90 Å². The minimum Gasteiger partial charge on any atom is -0.388 e. The van der Waals surface area contributed by atoms with Crippen LogP contribution in [0.2, 0.25) is 0 Å². The number of aromatic nitrogens is 1. The standard InChI is InChI=1S/C15H22N2O2/c1-2-12-5-7-15(19,8-6-12)11-17-14(18)13-4-3-9-16-10-13/h3-4,9-10,12,19H,2,5-8,11H2,1H3,(H,17,18). The Morgan fingerprint density at radius 1 is 1.53 bits per heavy atom. The Morgan fingerprint density at radius 3 is 2.84 bits per heavy atom. The van der Waals surface area contributed by atoms with Crippen molar-refractivity contribution in [2.75, 3.05) is 6.54 Å². The zero-order valence-corrected chi connectivity index (χ0v) is 11.4. The molecule has 1 fully saturated rings. The first-order chi connectivity index (χ1) is 9.13. The van der Waals surface area contributed by atoms with Crippen molar-refractivity contribution in [3.8, 4) is 0 Å². The number of nitrogens with zero attached hydrogens (tertiary/aromatic N) is 1. The lowest BCUT2D eigenvalue weighted by Gasteiger charge is -2.35. The highest BCUT2D eigenvalue weighted by molar-refractivity contribution is 5.93. The van der Waals surface area contributed by atoms with Gasteiger partial charge >= 0.3 is 0 Å². The van der Waals surface area contributed by atoms with Crippen LogP contribution in [-0.4, -0.2) is 28.1 Å². The zero-order valence-electron chi connectivity index (χ0n) is 11.4. The maximum atomic E-state index is 11.9. The van der Waals surface area contributed by atoms with Gasteiger partial charge in [0, 0.05) is 18.9 Å². The van der Waals surface area contributed by atoms with Gasteiger partial charge in [-0.05, 0) is 43.7 Å². The summed E-state index contributed by atoms with van der Waals surface area (Å²) in [5, 5.41) is 13.3. The molecular weight excluding hydrogens is 240 g/mol. The number of hydrogen-bond donors (Lipinski definition) is 2. The first kappa shape index (κ1) is 14.0. The van der Waals surface area contributed by atoms with E-state index < -0.39 is 5.60 Å². The van der Waals surface area contributed by atoms with Crippen molar-refractivity contribution in [3.05, 3.63) is 30.1 Å². The van der Waals surface area contributed by atoms with E-state index in [2.05, 4.69) is 17.2 Å². The van der Waals surface area contributed by atoms with E-state index in [1.807, 2.05) is 0 Å². The van der Waals surface area contributed by atoms with E-state index in [0.717, 1.165) is 31.6 Å². The van der Waals surface area contributed by atoms with Gasteiger partial charge in [0.25, 0.3) is 5.91 Å². The monoisotopic (exact) mass is 262 g/mol. The largest absolute Gasteiger partial charge is 0.388 e. The third-order valence-electron chi connectivity index (χ3n) is 4.11. The van der Waals surface area contributed by atoms with Crippen molar-refractivity contribution in [1.29, 1.82) is 0 Å². The van der Waals surface area contributed by atoms with Crippen molar-refractivity contribution in [3.63, 3.8) is 0 Å². The van der Waals surface area contributed by atoms with Gasteiger partial charge in [0.2, 0.25) is 0 Å². The van der Waals surface area contributed by atoms with Gasteiger partial charge < -0.3 is 10.4 Å². The minimum atomic E-state index is -0.733. The number of carbonyl (C=O) groups excluding carboxylic acids is 1. The first-order valence-corrected chi connectivity index (χ1v) is 7.03. The van der Waals surface area contributed by atoms with Crippen LogP contribution < -0.4 is 5.32 Å². The fourth-order valence-electron chi connectivity index (χ4n) is 2.64. The van der Waals surface area contributed by atoms with E-state index in [0.29, 0.717) is 12.1 Å². The van der Waals surface area contributed by atoms with Gasteiger partial charge in [-0.2, -0.15) is 0 Å². The molecule has 0 bridgehead atoms. The summed E-state index contributed by atoms with van der Waals surface area (Å²) < 4.78 is 0. The summed E-state index contributed by atoms with van der Waals surface area (Å²) in [6, 6.07) is 3.45. The molecule has 1 aromatic rings. The Labute approximate surface area is 114 Å². The van der Waals surface area contributed by atoms with Gasteiger partial charge in [-0.15, -0.1) is 0 Å². The summed E-state index contributed by atoms with van der Waals surface area (Å²) in [5.41, 5.74) is -0.197. The molecule has 1 saturated carbocycles. The van der Waals surface area contributed by atoms with E-state index in [1.165, 1.54) is 12.6 Å². The van der Waals surface area contributed by atoms with Crippen LogP contribution in [0.5, 0.6) is 0 Å². The highest BCUT2D eigenvalue weighted by Crippen LogP contribution is 2.33. The molecule has 1 amide bonds. The van der Waals surface area contributed by atoms with Crippen molar-refractivity contribution in [2.45, 2.75) is 44.6 Å². The number of aliphatic hydroxyl groups is 1. The average molecular weight is 262 g/mol. The highest BCUT2D eigenvalue weighted by atomic mass is 16.3. The van der Waals surface area contributed by atoms with Crippen LogP contribution in [0.15, 0.2) is 24.5 Å². The molecule has 0 aromatic carbocycles. The molecule has 0 radical (unpaired) electrons. The van der Waals surface area contributed by atoms with E-state index in [1.54, 1.807) is 18.3 Å². The predicted molar refractivity (Wildman–Crippen MR) is 73.8 cm³/mol. The van der Waals surface area contributed by atoms with Crippen molar-refractivity contribution in [2.24, 2.45) is 5.92 Å². The molecule has 1 aliphatic rings. The Balaban J connectivity index is 1.84. The van der Waals surface area contributed by atoms with Crippen molar-refractivity contribution >= 4 is 5.91 Å². The summed E-state index contributed by atoms with van der Waals surface area (Å²) in [5.74, 6) is 0.563. The Morgan fingerprint density at radius 2 is 2.26 bits per heavy atom. The maximum absolute atomic E-state index is 11.9. The number of rotatable bonds is 4. The van der Waals surface area contributed by atoms with Gasteiger partial charge in [0.15, 0.2) is 0 Å². The lowest BCUT2D eigenvalue weighted by Crippen LogP contribution is -2.45. The van der Waals surface area contributed by atoms with Crippen LogP contribution in [0.3, 0.4) is 0 Å². The van der Waals surface area contributed by atoms with E-state index in [9.17, 15) is 9.90 Å². The first-order valence-electron chi connectivity index (χ1n) is 7.03. The zero-order chi connectivity index (χ0) is 13.7. The molecule has 0 unspecified atom stereocenters. The molecule has 2 N–H and O–H groups in total. The Bertz CT molecular complexity index is 411. The number of amides is 1. The molecule has 1 aromatic heterocycles. The summed E-state index contributed by atoms with van der Waals surface area (Å²) in [7, 11) is 0. The fraction of sp³-hybridized carbons (Fsp3) is 0.600. The fourth-order valence-corrected chi connectivity index (χ4v) is 2.64. The van der Waals surface area contributed by atoms with Crippen LogP contribution >= 0.6 is 0 Å². The number of nitrogens with one attached hydrogen (secondary N) is 1. The molecule has 104 valence electrons. The molecule has 2 rings (SSSR count). The summed E-state index contributed by atoms with van der Waals surface area (Å²) in [4.78, 5) is 15.8. The van der Waals surface area contributed by atoms with Gasteiger partial charge in [-0.3, -0.25) is 9.78 Å². The van der Waals surface area contributed by atoms with Crippen LogP contribution in [0.1, 0.15) is 49.4 Å². The summed E-state index contributed by atoms with van der Waals surface area (Å²) >= 11 is 0. The number of carbonyl (C=O) groups is 1. The van der Waals surface area contributed by atoms with Gasteiger partial charge in [-0.1, -0.05) is 13.3 Å². The SMILES string of the molecule is CCC1CCC(O)(CNC(=O)c2cccnc2)CC1. The predicted octanol–water partition coefficient (Wildman–Crippen LogP) is 2.14. The van der Waals surface area contributed by atoms with Crippen LogP contribution in [0, 0.1) is 5.92 Å². The van der Waals surface area contributed by atoms with Crippen molar-refractivity contribution in [1.82, 2.24) is 10.3 Å². The number of hydrogen-bond acceptors (Lipinski definition) is 3. The number of pyridine rings is 1. The van der Waals surface area contributed by atoms with Crippen LogP contribution in [0.25, 0.3) is 0 Å². The molecule has 1 aliphatic carbocycles. The second kappa shape index (κ2) is 6.15. The average Bonchev–Trinajstić information content (AvgIpc) is 2.47. The highest BCUT2D eigenvalue weighted by Gasteiger charge is 2.32. The molecule has 0 aliphatic heterocycles. The van der Waals surface area contributed by atoms with Gasteiger partial charge in [0.05, 0.1) is 11.2 Å². The molecule has 4 nitrogen and oxygen atoms in total. The second-order valence-electron chi connectivity index (χ2n) is 5.50. The van der Waals surface area contributed by atoms with Crippen LogP contribution in [0.4, 0.5) is 0 Å². The molecule has 0 spiro atoms. The van der Waals surface area contributed by atoms with E-state index in [-0.39, 0.29) is 5.91 Å². The smallest absolute Gasteiger partial charge is 0.252 e. The summed E-state index contributed by atoms with van der Waals surface area (Å²) in [6.07, 6.45) is 8.00. The molecule has 0 saturated heterocycles. The molecular formula is C15H22N2O2. The molecule has 4 heteroatoms. The lowest BCUT2D eigenvalue weighted by atomic mass is 9.78. The molecule has 0 atom stereocenters.